The summed E-state index contributed by atoms with van der Waals surface area (Å²) in [4.78, 5) is 13.8. The van der Waals surface area contributed by atoms with Crippen molar-refractivity contribution in [2.75, 3.05) is 26.3 Å². The Morgan fingerprint density at radius 1 is 1.59 bits per heavy atom. The monoisotopic (exact) mass is 244 g/mol. The Hall–Kier alpha value is -0.810. The molecule has 0 aromatic heterocycles. The fourth-order valence-corrected chi connectivity index (χ4v) is 1.80. The molecule has 1 heterocycles. The highest BCUT2D eigenvalue weighted by Gasteiger charge is 2.33. The molecule has 17 heavy (non-hydrogen) atoms. The average Bonchev–Trinajstić information content (AvgIpc) is 2.25. The number of ether oxygens (including phenoxy) is 2. The zero-order chi connectivity index (χ0) is 13.1. The molecule has 1 aliphatic heterocycles. The van der Waals surface area contributed by atoms with Crippen LogP contribution in [0.3, 0.4) is 0 Å². The minimum absolute atomic E-state index is 0.0172. The molecule has 100 valence electrons. The molecule has 2 unspecified atom stereocenters. The molecule has 1 rings (SSSR count). The predicted molar refractivity (Wildman–Crippen MR) is 65.8 cm³/mol. The summed E-state index contributed by atoms with van der Waals surface area (Å²) in [6.07, 6.45) is -0.272. The fourth-order valence-electron chi connectivity index (χ4n) is 1.80. The Bertz CT molecular complexity index is 263. The van der Waals surface area contributed by atoms with Crippen LogP contribution in [0.5, 0.6) is 0 Å². The van der Waals surface area contributed by atoms with Crippen LogP contribution in [0.1, 0.15) is 27.7 Å². The summed E-state index contributed by atoms with van der Waals surface area (Å²) in [5.74, 6) is 0.211. The van der Waals surface area contributed by atoms with Crippen LogP contribution in [0.15, 0.2) is 0 Å². The number of rotatable bonds is 2. The van der Waals surface area contributed by atoms with Gasteiger partial charge in [-0.2, -0.15) is 0 Å². The summed E-state index contributed by atoms with van der Waals surface area (Å²) < 4.78 is 10.8. The first kappa shape index (κ1) is 14.3. The molecular weight excluding hydrogens is 220 g/mol. The van der Waals surface area contributed by atoms with Gasteiger partial charge >= 0.3 is 6.09 Å². The first-order chi connectivity index (χ1) is 7.85. The smallest absolute Gasteiger partial charge is 0.410 e. The van der Waals surface area contributed by atoms with E-state index in [0.717, 1.165) is 0 Å². The number of carbonyl (C=O) groups excluding carboxylic acids is 1. The second-order valence-electron chi connectivity index (χ2n) is 5.53. The Morgan fingerprint density at radius 3 is 2.76 bits per heavy atom. The molecule has 0 bridgehead atoms. The molecule has 2 N–H and O–H groups in total. The number of hydrogen-bond acceptors (Lipinski definition) is 4. The molecule has 1 amide bonds. The van der Waals surface area contributed by atoms with Crippen LogP contribution in [-0.4, -0.2) is 48.9 Å². The largest absolute Gasteiger partial charge is 0.444 e. The third-order valence-corrected chi connectivity index (χ3v) is 2.82. The molecule has 1 aliphatic rings. The third kappa shape index (κ3) is 4.16. The van der Waals surface area contributed by atoms with Gasteiger partial charge < -0.3 is 20.1 Å². The van der Waals surface area contributed by atoms with Crippen molar-refractivity contribution in [1.82, 2.24) is 4.90 Å². The predicted octanol–water partition coefficient (Wildman–Crippen LogP) is 1.22. The molecule has 2 atom stereocenters. The van der Waals surface area contributed by atoms with E-state index in [-0.39, 0.29) is 18.1 Å². The second kappa shape index (κ2) is 5.69. The molecule has 5 nitrogen and oxygen atoms in total. The lowest BCUT2D eigenvalue weighted by molar-refractivity contribution is -0.0437. The molecule has 5 heteroatoms. The molecule has 0 aromatic rings. The Kier molecular flexibility index (Phi) is 4.77. The van der Waals surface area contributed by atoms with Crippen molar-refractivity contribution in [3.8, 4) is 0 Å². The normalized spacial score (nSPS) is 23.4. The van der Waals surface area contributed by atoms with Crippen LogP contribution in [0.25, 0.3) is 0 Å². The molecule has 1 saturated heterocycles. The van der Waals surface area contributed by atoms with Crippen molar-refractivity contribution in [1.29, 1.82) is 0 Å². The van der Waals surface area contributed by atoms with Crippen molar-refractivity contribution in [2.24, 2.45) is 11.7 Å². The van der Waals surface area contributed by atoms with Crippen molar-refractivity contribution in [3.05, 3.63) is 0 Å². The lowest BCUT2D eigenvalue weighted by Crippen LogP contribution is -2.54. The maximum Gasteiger partial charge on any atom is 0.410 e. The van der Waals surface area contributed by atoms with Gasteiger partial charge in [-0.25, -0.2) is 4.79 Å². The molecular formula is C12H24N2O3. The number of nitrogens with zero attached hydrogens (tertiary/aromatic N) is 1. The van der Waals surface area contributed by atoms with Gasteiger partial charge in [0.25, 0.3) is 0 Å². The maximum atomic E-state index is 12.1. The first-order valence-corrected chi connectivity index (χ1v) is 6.12. The van der Waals surface area contributed by atoms with Crippen molar-refractivity contribution in [3.63, 3.8) is 0 Å². The number of nitrogens with two attached hydrogens (primary N) is 1. The van der Waals surface area contributed by atoms with Crippen LogP contribution in [-0.2, 0) is 9.47 Å². The van der Waals surface area contributed by atoms with E-state index < -0.39 is 5.60 Å². The molecule has 0 spiro atoms. The summed E-state index contributed by atoms with van der Waals surface area (Å²) in [7, 11) is 0. The standard InChI is InChI=1S/C12H24N2O3/c1-9(7-13)10-8-16-6-5-14(10)11(15)17-12(2,3)4/h9-10H,5-8,13H2,1-4H3. The minimum atomic E-state index is -0.466. The first-order valence-electron chi connectivity index (χ1n) is 6.12. The van der Waals surface area contributed by atoms with E-state index in [1.807, 2.05) is 27.7 Å². The number of morpholine rings is 1. The van der Waals surface area contributed by atoms with E-state index in [1.54, 1.807) is 4.90 Å². The second-order valence-corrected chi connectivity index (χ2v) is 5.53. The molecule has 0 radical (unpaired) electrons. The number of amides is 1. The minimum Gasteiger partial charge on any atom is -0.444 e. The fraction of sp³-hybridized carbons (Fsp3) is 0.917. The van der Waals surface area contributed by atoms with Gasteiger partial charge in [0.1, 0.15) is 5.60 Å². The van der Waals surface area contributed by atoms with Crippen LogP contribution in [0.2, 0.25) is 0 Å². The average molecular weight is 244 g/mol. The summed E-state index contributed by atoms with van der Waals surface area (Å²) in [6.45, 7) is 9.84. The van der Waals surface area contributed by atoms with Gasteiger partial charge in [-0.05, 0) is 33.2 Å². The third-order valence-electron chi connectivity index (χ3n) is 2.82. The van der Waals surface area contributed by atoms with E-state index in [0.29, 0.717) is 26.3 Å². The quantitative estimate of drug-likeness (QED) is 0.793. The SMILES string of the molecule is CC(CN)C1COCCN1C(=O)OC(C)(C)C. The Balaban J connectivity index is 2.67. The maximum absolute atomic E-state index is 12.1. The number of hydrogen-bond donors (Lipinski definition) is 1. The molecule has 1 fully saturated rings. The lowest BCUT2D eigenvalue weighted by Gasteiger charge is -2.39. The number of carbonyl (C=O) groups is 1. The van der Waals surface area contributed by atoms with Gasteiger partial charge in [0.05, 0.1) is 19.3 Å². The highest BCUT2D eigenvalue weighted by molar-refractivity contribution is 5.68. The van der Waals surface area contributed by atoms with Crippen molar-refractivity contribution in [2.45, 2.75) is 39.3 Å². The van der Waals surface area contributed by atoms with Gasteiger partial charge in [0.2, 0.25) is 0 Å². The van der Waals surface area contributed by atoms with Crippen LogP contribution < -0.4 is 5.73 Å². The summed E-state index contributed by atoms with van der Waals surface area (Å²) >= 11 is 0. The molecule has 0 aromatic carbocycles. The van der Waals surface area contributed by atoms with Gasteiger partial charge in [-0.1, -0.05) is 6.92 Å². The van der Waals surface area contributed by atoms with Crippen LogP contribution >= 0.6 is 0 Å². The van der Waals surface area contributed by atoms with Gasteiger partial charge in [-0.3, -0.25) is 0 Å². The van der Waals surface area contributed by atoms with Crippen LogP contribution in [0.4, 0.5) is 4.79 Å². The van der Waals surface area contributed by atoms with Gasteiger partial charge in [0, 0.05) is 6.54 Å². The van der Waals surface area contributed by atoms with E-state index in [9.17, 15) is 4.79 Å². The zero-order valence-electron chi connectivity index (χ0n) is 11.2. The van der Waals surface area contributed by atoms with E-state index in [2.05, 4.69) is 0 Å². The van der Waals surface area contributed by atoms with Crippen molar-refractivity contribution < 1.29 is 14.3 Å². The lowest BCUT2D eigenvalue weighted by atomic mass is 10.0. The van der Waals surface area contributed by atoms with Crippen LogP contribution in [0, 0.1) is 5.92 Å². The van der Waals surface area contributed by atoms with Crippen molar-refractivity contribution >= 4 is 6.09 Å². The van der Waals surface area contributed by atoms with Gasteiger partial charge in [0.15, 0.2) is 0 Å². The Morgan fingerprint density at radius 2 is 2.24 bits per heavy atom. The van der Waals surface area contributed by atoms with Gasteiger partial charge in [-0.15, -0.1) is 0 Å². The van der Waals surface area contributed by atoms with E-state index in [4.69, 9.17) is 15.2 Å². The topological polar surface area (TPSA) is 64.8 Å². The summed E-state index contributed by atoms with van der Waals surface area (Å²) in [5.41, 5.74) is 5.19. The van der Waals surface area contributed by atoms with E-state index in [1.165, 1.54) is 0 Å². The summed E-state index contributed by atoms with van der Waals surface area (Å²) in [5, 5.41) is 0. The highest BCUT2D eigenvalue weighted by Crippen LogP contribution is 2.18. The molecule has 0 saturated carbocycles. The molecule has 0 aliphatic carbocycles. The highest BCUT2D eigenvalue weighted by atomic mass is 16.6. The Labute approximate surface area is 103 Å². The summed E-state index contributed by atoms with van der Waals surface area (Å²) in [6, 6.07) is 0.0172. The zero-order valence-corrected chi connectivity index (χ0v) is 11.2. The van der Waals surface area contributed by atoms with E-state index >= 15 is 0 Å².